The molecule has 2 rings (SSSR count). The van der Waals surface area contributed by atoms with Gasteiger partial charge in [-0.3, -0.25) is 0 Å². The lowest BCUT2D eigenvalue weighted by molar-refractivity contribution is 0.0667. The predicted octanol–water partition coefficient (Wildman–Crippen LogP) is 2.60. The van der Waals surface area contributed by atoms with Crippen molar-refractivity contribution in [1.29, 1.82) is 0 Å². The van der Waals surface area contributed by atoms with E-state index in [1.165, 1.54) is 12.8 Å². The van der Waals surface area contributed by atoms with Gasteiger partial charge in [-0.15, -0.1) is 0 Å². The van der Waals surface area contributed by atoms with E-state index in [1.807, 2.05) is 24.3 Å². The third-order valence-electron chi connectivity index (χ3n) is 3.08. The average Bonchev–Trinajstić information content (AvgIpc) is 2.38. The summed E-state index contributed by atoms with van der Waals surface area (Å²) in [7, 11) is 0. The molecule has 0 saturated carbocycles. The zero-order chi connectivity index (χ0) is 12.1. The molecule has 0 amide bonds. The molecule has 3 nitrogen and oxygen atoms in total. The van der Waals surface area contributed by atoms with Gasteiger partial charge >= 0.3 is 0 Å². The molecule has 0 fully saturated rings. The fraction of sp³-hybridized carbons (Fsp3) is 0.571. The quantitative estimate of drug-likeness (QED) is 0.796. The first-order valence-electron chi connectivity index (χ1n) is 6.43. The van der Waals surface area contributed by atoms with Crippen LogP contribution in [0.15, 0.2) is 24.3 Å². The Hall–Kier alpha value is -1.22. The highest BCUT2D eigenvalue weighted by Gasteiger charge is 2.25. The van der Waals surface area contributed by atoms with E-state index >= 15 is 0 Å². The van der Waals surface area contributed by atoms with Crippen molar-refractivity contribution >= 4 is 0 Å². The second-order valence-electron chi connectivity index (χ2n) is 4.51. The Morgan fingerprint density at radius 2 is 2.12 bits per heavy atom. The topological polar surface area (TPSA) is 30.5 Å². The molecule has 1 aromatic carbocycles. The summed E-state index contributed by atoms with van der Waals surface area (Å²) in [6, 6.07) is 8.15. The van der Waals surface area contributed by atoms with E-state index in [9.17, 15) is 0 Å². The van der Waals surface area contributed by atoms with Gasteiger partial charge in [0.25, 0.3) is 0 Å². The number of hydrogen-bond acceptors (Lipinski definition) is 3. The Kier molecular flexibility index (Phi) is 4.26. The maximum atomic E-state index is 5.94. The zero-order valence-corrected chi connectivity index (χ0v) is 10.6. The molecule has 0 bridgehead atoms. The lowest BCUT2D eigenvalue weighted by Crippen LogP contribution is -2.46. The molecule has 1 aromatic rings. The lowest BCUT2D eigenvalue weighted by atomic mass is 10.1. The summed E-state index contributed by atoms with van der Waals surface area (Å²) in [6.07, 6.45) is 2.51. The fourth-order valence-electron chi connectivity index (χ4n) is 1.92. The van der Waals surface area contributed by atoms with E-state index in [2.05, 4.69) is 19.2 Å². The third-order valence-corrected chi connectivity index (χ3v) is 3.08. The number of benzene rings is 1. The van der Waals surface area contributed by atoms with Gasteiger partial charge in [0.2, 0.25) is 0 Å². The number of nitrogens with one attached hydrogen (secondary N) is 1. The number of para-hydroxylation sites is 2. The number of rotatable bonds is 5. The third kappa shape index (κ3) is 3.13. The molecule has 0 spiro atoms. The highest BCUT2D eigenvalue weighted by atomic mass is 16.6. The van der Waals surface area contributed by atoms with Crippen molar-refractivity contribution < 1.29 is 9.47 Å². The van der Waals surface area contributed by atoms with Gasteiger partial charge in [-0.05, 0) is 32.0 Å². The minimum atomic E-state index is 0.0988. The Balaban J connectivity index is 1.88. The van der Waals surface area contributed by atoms with Crippen molar-refractivity contribution in [3.63, 3.8) is 0 Å². The maximum Gasteiger partial charge on any atom is 0.161 e. The molecule has 3 heteroatoms. The first-order chi connectivity index (χ1) is 8.31. The van der Waals surface area contributed by atoms with E-state index in [-0.39, 0.29) is 6.10 Å². The normalized spacial score (nSPS) is 20.0. The highest BCUT2D eigenvalue weighted by Crippen LogP contribution is 2.31. The van der Waals surface area contributed by atoms with Crippen molar-refractivity contribution in [2.24, 2.45) is 0 Å². The van der Waals surface area contributed by atoms with Crippen molar-refractivity contribution in [1.82, 2.24) is 5.32 Å². The molecule has 1 N–H and O–H groups in total. The lowest BCUT2D eigenvalue weighted by Gasteiger charge is -2.30. The number of ether oxygens (including phenoxy) is 2. The molecular formula is C14H21NO2. The van der Waals surface area contributed by atoms with Gasteiger partial charge in [-0.25, -0.2) is 0 Å². The molecule has 0 aromatic heterocycles. The van der Waals surface area contributed by atoms with Crippen LogP contribution in [-0.4, -0.2) is 25.3 Å². The van der Waals surface area contributed by atoms with Gasteiger partial charge in [-0.1, -0.05) is 25.5 Å². The number of unbranched alkanes of at least 4 members (excludes halogenated alkanes) is 1. The molecule has 0 radical (unpaired) electrons. The van der Waals surface area contributed by atoms with Crippen LogP contribution in [0.1, 0.15) is 26.7 Å². The van der Waals surface area contributed by atoms with Crippen molar-refractivity contribution in [3.05, 3.63) is 24.3 Å². The number of hydrogen-bond donors (Lipinski definition) is 1. The zero-order valence-electron chi connectivity index (χ0n) is 10.6. The average molecular weight is 235 g/mol. The van der Waals surface area contributed by atoms with Crippen molar-refractivity contribution in [2.75, 3.05) is 13.2 Å². The van der Waals surface area contributed by atoms with Crippen LogP contribution < -0.4 is 14.8 Å². The second-order valence-corrected chi connectivity index (χ2v) is 4.51. The molecule has 1 heterocycles. The Morgan fingerprint density at radius 1 is 1.35 bits per heavy atom. The van der Waals surface area contributed by atoms with Crippen LogP contribution in [0, 0.1) is 0 Å². The Bertz CT molecular complexity index is 354. The number of fused-ring (bicyclic) bond motifs is 1. The van der Waals surface area contributed by atoms with Gasteiger partial charge < -0.3 is 14.8 Å². The minimum Gasteiger partial charge on any atom is -0.486 e. The molecule has 94 valence electrons. The molecule has 1 aliphatic heterocycles. The molecule has 17 heavy (non-hydrogen) atoms. The van der Waals surface area contributed by atoms with Crippen LogP contribution >= 0.6 is 0 Å². The van der Waals surface area contributed by atoms with E-state index in [4.69, 9.17) is 9.47 Å². The maximum absolute atomic E-state index is 5.94. The van der Waals surface area contributed by atoms with Gasteiger partial charge in [-0.2, -0.15) is 0 Å². The standard InChI is InChI=1S/C14H21NO2/c1-3-4-9-15-11(2)14-10-16-12-7-5-6-8-13(12)17-14/h5-8,11,14-15H,3-4,9-10H2,1-2H3/t11-,14+/m0/s1. The van der Waals surface area contributed by atoms with Gasteiger partial charge in [0.15, 0.2) is 11.5 Å². The van der Waals surface area contributed by atoms with E-state index < -0.39 is 0 Å². The van der Waals surface area contributed by atoms with Gasteiger partial charge in [0, 0.05) is 6.04 Å². The van der Waals surface area contributed by atoms with E-state index in [1.54, 1.807) is 0 Å². The summed E-state index contributed by atoms with van der Waals surface area (Å²) in [5.41, 5.74) is 0. The van der Waals surface area contributed by atoms with Crippen LogP contribution in [0.5, 0.6) is 11.5 Å². The fourth-order valence-corrected chi connectivity index (χ4v) is 1.92. The monoisotopic (exact) mass is 235 g/mol. The smallest absolute Gasteiger partial charge is 0.161 e. The Labute approximate surface area is 103 Å². The molecule has 0 aliphatic carbocycles. The Morgan fingerprint density at radius 3 is 2.88 bits per heavy atom. The molecule has 0 unspecified atom stereocenters. The first-order valence-corrected chi connectivity index (χ1v) is 6.43. The highest BCUT2D eigenvalue weighted by molar-refractivity contribution is 5.40. The SMILES string of the molecule is CCCCN[C@@H](C)[C@H]1COc2ccccc2O1. The second kappa shape index (κ2) is 5.92. The molecule has 0 saturated heterocycles. The molecular weight excluding hydrogens is 214 g/mol. The van der Waals surface area contributed by atoms with Crippen LogP contribution in [0.25, 0.3) is 0 Å². The predicted molar refractivity (Wildman–Crippen MR) is 68.7 cm³/mol. The summed E-state index contributed by atoms with van der Waals surface area (Å²) in [5.74, 6) is 1.71. The van der Waals surface area contributed by atoms with Gasteiger partial charge in [0.05, 0.1) is 0 Å². The summed E-state index contributed by atoms with van der Waals surface area (Å²) in [6.45, 7) is 6.01. The molecule has 2 atom stereocenters. The van der Waals surface area contributed by atoms with Crippen LogP contribution in [0.4, 0.5) is 0 Å². The van der Waals surface area contributed by atoms with Crippen LogP contribution in [-0.2, 0) is 0 Å². The first kappa shape index (κ1) is 12.2. The largest absolute Gasteiger partial charge is 0.486 e. The van der Waals surface area contributed by atoms with Crippen molar-refractivity contribution in [2.45, 2.75) is 38.8 Å². The van der Waals surface area contributed by atoms with Gasteiger partial charge in [0.1, 0.15) is 12.7 Å². The summed E-state index contributed by atoms with van der Waals surface area (Å²) in [4.78, 5) is 0. The van der Waals surface area contributed by atoms with Crippen LogP contribution in [0.2, 0.25) is 0 Å². The van der Waals surface area contributed by atoms with E-state index in [0.717, 1.165) is 18.0 Å². The van der Waals surface area contributed by atoms with Crippen LogP contribution in [0.3, 0.4) is 0 Å². The van der Waals surface area contributed by atoms with Crippen molar-refractivity contribution in [3.8, 4) is 11.5 Å². The van der Waals surface area contributed by atoms with E-state index in [0.29, 0.717) is 12.6 Å². The molecule has 1 aliphatic rings. The summed E-state index contributed by atoms with van der Waals surface area (Å²) in [5, 5.41) is 3.48. The summed E-state index contributed by atoms with van der Waals surface area (Å²) >= 11 is 0. The summed E-state index contributed by atoms with van der Waals surface area (Å²) < 4.78 is 11.6. The minimum absolute atomic E-state index is 0.0988.